The van der Waals surface area contributed by atoms with Crippen LogP contribution in [0.1, 0.15) is 32.3 Å². The Hall–Kier alpha value is -2.28. The van der Waals surface area contributed by atoms with E-state index in [1.807, 2.05) is 25.1 Å². The predicted molar refractivity (Wildman–Crippen MR) is 93.2 cm³/mol. The third-order valence-corrected chi connectivity index (χ3v) is 5.74. The molecule has 0 aromatic heterocycles. The zero-order chi connectivity index (χ0) is 19.1. The van der Waals surface area contributed by atoms with Gasteiger partial charge in [0.25, 0.3) is 5.91 Å². The summed E-state index contributed by atoms with van der Waals surface area (Å²) >= 11 is 0. The van der Waals surface area contributed by atoms with E-state index in [0.29, 0.717) is 24.3 Å². The van der Waals surface area contributed by atoms with Gasteiger partial charge in [-0.25, -0.2) is 0 Å². The minimum absolute atomic E-state index is 0.238. The van der Waals surface area contributed by atoms with E-state index < -0.39 is 17.6 Å². The van der Waals surface area contributed by atoms with Gasteiger partial charge < -0.3 is 24.2 Å². The molecule has 1 amide bonds. The number of methoxy groups -OCH3 is 2. The lowest BCUT2D eigenvalue weighted by molar-refractivity contribution is -0.149. The number of aliphatic hydroxyl groups is 1. The fourth-order valence-corrected chi connectivity index (χ4v) is 4.56. The molecule has 2 saturated heterocycles. The van der Waals surface area contributed by atoms with E-state index in [1.54, 1.807) is 19.1 Å². The topological polar surface area (TPSA) is 85.3 Å². The molecule has 0 bridgehead atoms. The number of carbonyl (C=O) groups is 2. The molecule has 0 unspecified atom stereocenters. The second kappa shape index (κ2) is 6.79. The summed E-state index contributed by atoms with van der Waals surface area (Å²) < 4.78 is 16.4. The van der Waals surface area contributed by atoms with Crippen molar-refractivity contribution in [2.45, 2.75) is 50.4 Å². The zero-order valence-corrected chi connectivity index (χ0v) is 15.5. The first-order chi connectivity index (χ1) is 12.4. The molecule has 1 aromatic rings. The molecule has 2 fully saturated rings. The van der Waals surface area contributed by atoms with E-state index in [4.69, 9.17) is 14.2 Å². The molecule has 1 aromatic carbocycles. The fourth-order valence-electron chi connectivity index (χ4n) is 4.56. The summed E-state index contributed by atoms with van der Waals surface area (Å²) in [6.07, 6.45) is -0.533. The van der Waals surface area contributed by atoms with E-state index in [-0.39, 0.29) is 24.5 Å². The summed E-state index contributed by atoms with van der Waals surface area (Å²) in [7, 11) is 3.13. The number of rotatable bonds is 5. The maximum atomic E-state index is 12.4. The van der Waals surface area contributed by atoms with E-state index in [1.165, 1.54) is 6.92 Å². The van der Waals surface area contributed by atoms with Gasteiger partial charge in [-0.2, -0.15) is 0 Å². The molecule has 7 heteroatoms. The number of hydrogen-bond donors (Lipinski definition) is 1. The molecular weight excluding hydrogens is 338 g/mol. The van der Waals surface area contributed by atoms with Crippen LogP contribution in [-0.2, 0) is 19.7 Å². The molecule has 2 aliphatic rings. The SMILES string of the molecule is CC[C@@]1(c2ccc(OC)c(OC)c2)[C@@H](OC(C)=O)CN2C(=O)[C@H](O)C[C@@H]21. The van der Waals surface area contributed by atoms with Crippen LogP contribution < -0.4 is 9.47 Å². The summed E-state index contributed by atoms with van der Waals surface area (Å²) in [4.78, 5) is 25.7. The predicted octanol–water partition coefficient (Wildman–Crippen LogP) is 1.26. The van der Waals surface area contributed by atoms with Gasteiger partial charge in [0.1, 0.15) is 12.2 Å². The van der Waals surface area contributed by atoms with Gasteiger partial charge in [0.2, 0.25) is 0 Å². The summed E-state index contributed by atoms with van der Waals surface area (Å²) in [6.45, 7) is 3.66. The second-order valence-corrected chi connectivity index (χ2v) is 6.82. The number of fused-ring (bicyclic) bond motifs is 1. The Bertz CT molecular complexity index is 720. The molecule has 0 spiro atoms. The van der Waals surface area contributed by atoms with E-state index in [0.717, 1.165) is 5.56 Å². The fraction of sp³-hybridized carbons (Fsp3) is 0.579. The van der Waals surface area contributed by atoms with Gasteiger partial charge >= 0.3 is 5.97 Å². The van der Waals surface area contributed by atoms with Crippen LogP contribution in [0.25, 0.3) is 0 Å². The number of ether oxygens (including phenoxy) is 3. The summed E-state index contributed by atoms with van der Waals surface area (Å²) in [5.41, 5.74) is 0.288. The average Bonchev–Trinajstić information content (AvgIpc) is 3.07. The van der Waals surface area contributed by atoms with Gasteiger partial charge in [-0.3, -0.25) is 9.59 Å². The van der Waals surface area contributed by atoms with Crippen molar-refractivity contribution in [3.05, 3.63) is 23.8 Å². The van der Waals surface area contributed by atoms with Crippen LogP contribution in [-0.4, -0.2) is 60.9 Å². The number of amides is 1. The van der Waals surface area contributed by atoms with Gasteiger partial charge in [0, 0.05) is 19.4 Å². The van der Waals surface area contributed by atoms with Crippen LogP contribution in [0.5, 0.6) is 11.5 Å². The van der Waals surface area contributed by atoms with Crippen molar-refractivity contribution in [3.8, 4) is 11.5 Å². The summed E-state index contributed by atoms with van der Waals surface area (Å²) in [5, 5.41) is 10.1. The highest BCUT2D eigenvalue weighted by Crippen LogP contribution is 2.50. The van der Waals surface area contributed by atoms with Gasteiger partial charge in [0.05, 0.1) is 26.2 Å². The summed E-state index contributed by atoms with van der Waals surface area (Å²) in [5.74, 6) is 0.483. The van der Waals surface area contributed by atoms with Crippen LogP contribution in [0.2, 0.25) is 0 Å². The highest BCUT2D eigenvalue weighted by Gasteiger charge is 2.61. The molecule has 26 heavy (non-hydrogen) atoms. The highest BCUT2D eigenvalue weighted by atomic mass is 16.5. The average molecular weight is 363 g/mol. The Labute approximate surface area is 152 Å². The van der Waals surface area contributed by atoms with E-state index >= 15 is 0 Å². The van der Waals surface area contributed by atoms with Crippen molar-refractivity contribution in [1.82, 2.24) is 4.90 Å². The molecular formula is C19H25NO6. The molecule has 2 heterocycles. The maximum Gasteiger partial charge on any atom is 0.302 e. The lowest BCUT2D eigenvalue weighted by atomic mass is 9.69. The molecule has 142 valence electrons. The molecule has 2 aliphatic heterocycles. The minimum atomic E-state index is -1.01. The normalized spacial score (nSPS) is 30.3. The largest absolute Gasteiger partial charge is 0.493 e. The van der Waals surface area contributed by atoms with Crippen LogP contribution in [0.3, 0.4) is 0 Å². The Kier molecular flexibility index (Phi) is 4.84. The molecule has 7 nitrogen and oxygen atoms in total. The number of esters is 1. The van der Waals surface area contributed by atoms with Gasteiger partial charge in [-0.15, -0.1) is 0 Å². The van der Waals surface area contributed by atoms with Gasteiger partial charge in [0.15, 0.2) is 11.5 Å². The van der Waals surface area contributed by atoms with Crippen molar-refractivity contribution in [1.29, 1.82) is 0 Å². The molecule has 0 aliphatic carbocycles. The Morgan fingerprint density at radius 1 is 1.31 bits per heavy atom. The minimum Gasteiger partial charge on any atom is -0.493 e. The third kappa shape index (κ3) is 2.61. The lowest BCUT2D eigenvalue weighted by Crippen LogP contribution is -2.46. The molecule has 3 rings (SSSR count). The van der Waals surface area contributed by atoms with Gasteiger partial charge in [-0.05, 0) is 24.1 Å². The van der Waals surface area contributed by atoms with Gasteiger partial charge in [-0.1, -0.05) is 13.0 Å². The van der Waals surface area contributed by atoms with Crippen LogP contribution in [0, 0.1) is 0 Å². The van der Waals surface area contributed by atoms with Crippen molar-refractivity contribution in [2.75, 3.05) is 20.8 Å². The van der Waals surface area contributed by atoms with Crippen LogP contribution in [0.15, 0.2) is 18.2 Å². The maximum absolute atomic E-state index is 12.4. The van der Waals surface area contributed by atoms with E-state index in [2.05, 4.69) is 0 Å². The van der Waals surface area contributed by atoms with Crippen LogP contribution >= 0.6 is 0 Å². The van der Waals surface area contributed by atoms with Crippen LogP contribution in [0.4, 0.5) is 0 Å². The monoisotopic (exact) mass is 363 g/mol. The molecule has 4 atom stereocenters. The number of aliphatic hydroxyl groups excluding tert-OH is 1. The third-order valence-electron chi connectivity index (χ3n) is 5.74. The van der Waals surface area contributed by atoms with Crippen molar-refractivity contribution in [2.24, 2.45) is 0 Å². The second-order valence-electron chi connectivity index (χ2n) is 6.82. The number of benzene rings is 1. The zero-order valence-electron chi connectivity index (χ0n) is 15.5. The molecule has 1 N–H and O–H groups in total. The number of hydrogen-bond acceptors (Lipinski definition) is 6. The van der Waals surface area contributed by atoms with E-state index in [9.17, 15) is 14.7 Å². The Morgan fingerprint density at radius 2 is 2.00 bits per heavy atom. The Balaban J connectivity index is 2.13. The first kappa shape index (κ1) is 18.5. The quantitative estimate of drug-likeness (QED) is 0.793. The first-order valence-electron chi connectivity index (χ1n) is 8.77. The van der Waals surface area contributed by atoms with Crippen molar-refractivity contribution in [3.63, 3.8) is 0 Å². The number of carbonyl (C=O) groups excluding carboxylic acids is 2. The standard InChI is InChI=1S/C19H25NO6/c1-5-19(12-6-7-14(24-3)15(8-12)25-4)16-9-13(22)18(23)20(16)10-17(19)26-11(2)21/h6-8,13,16-17,22H,5,9-10H2,1-4H3/t13-,16-,17+,19+/m1/s1. The van der Waals surface area contributed by atoms with Crippen molar-refractivity contribution >= 4 is 11.9 Å². The Morgan fingerprint density at radius 3 is 2.58 bits per heavy atom. The first-order valence-corrected chi connectivity index (χ1v) is 8.77. The summed E-state index contributed by atoms with van der Waals surface area (Å²) in [6, 6.07) is 5.36. The smallest absolute Gasteiger partial charge is 0.302 e. The highest BCUT2D eigenvalue weighted by molar-refractivity contribution is 5.84. The lowest BCUT2D eigenvalue weighted by Gasteiger charge is -2.38. The van der Waals surface area contributed by atoms with Crippen molar-refractivity contribution < 1.29 is 28.9 Å². The molecule has 0 saturated carbocycles. The number of nitrogens with zero attached hydrogens (tertiary/aromatic N) is 1. The molecule has 0 radical (unpaired) electrons.